The number of para-hydroxylation sites is 1. The third-order valence-electron chi connectivity index (χ3n) is 4.16. The zero-order valence-corrected chi connectivity index (χ0v) is 16.1. The first-order chi connectivity index (χ1) is 13.9. The molecule has 0 saturated heterocycles. The highest BCUT2D eigenvalue weighted by Gasteiger charge is 2.20. The molecule has 1 aromatic heterocycles. The number of carbonyl (C=O) groups excluding carboxylic acids is 1. The van der Waals surface area contributed by atoms with Crippen LogP contribution in [0.5, 0.6) is 0 Å². The maximum atomic E-state index is 12.6. The molecule has 4 rings (SSSR count). The van der Waals surface area contributed by atoms with Crippen LogP contribution in [0.25, 0.3) is 22.6 Å². The van der Waals surface area contributed by atoms with Gasteiger partial charge in [-0.2, -0.15) is 0 Å². The summed E-state index contributed by atoms with van der Waals surface area (Å²) in [5.74, 6) is -0.333. The molecule has 0 aliphatic rings. The van der Waals surface area contributed by atoms with Crippen molar-refractivity contribution in [3.63, 3.8) is 0 Å². The number of amides is 1. The highest BCUT2D eigenvalue weighted by Crippen LogP contribution is 2.32. The number of halogens is 2. The van der Waals surface area contributed by atoms with Crippen molar-refractivity contribution in [3.8, 4) is 11.5 Å². The predicted octanol–water partition coefficient (Wildman–Crippen LogP) is 5.96. The third-order valence-corrected chi connectivity index (χ3v) is 4.72. The van der Waals surface area contributed by atoms with E-state index in [-0.39, 0.29) is 22.0 Å². The van der Waals surface area contributed by atoms with Gasteiger partial charge in [0.25, 0.3) is 11.6 Å². The molecule has 3 aromatic carbocycles. The lowest BCUT2D eigenvalue weighted by atomic mass is 10.1. The smallest absolute Gasteiger partial charge is 0.282 e. The number of carbonyl (C=O) groups is 1. The van der Waals surface area contributed by atoms with Crippen LogP contribution in [0.2, 0.25) is 10.0 Å². The Morgan fingerprint density at radius 2 is 1.86 bits per heavy atom. The van der Waals surface area contributed by atoms with Crippen LogP contribution in [0, 0.1) is 10.1 Å². The van der Waals surface area contributed by atoms with Crippen molar-refractivity contribution < 1.29 is 14.1 Å². The lowest BCUT2D eigenvalue weighted by Crippen LogP contribution is -2.14. The van der Waals surface area contributed by atoms with Gasteiger partial charge in [-0.15, -0.1) is 0 Å². The molecule has 0 atom stereocenters. The van der Waals surface area contributed by atoms with E-state index in [1.165, 1.54) is 18.2 Å². The summed E-state index contributed by atoms with van der Waals surface area (Å²) in [6.45, 7) is 0. The van der Waals surface area contributed by atoms with Crippen molar-refractivity contribution in [2.45, 2.75) is 0 Å². The molecule has 4 aromatic rings. The maximum Gasteiger partial charge on any atom is 0.282 e. The van der Waals surface area contributed by atoms with Crippen LogP contribution in [0.15, 0.2) is 65.1 Å². The zero-order valence-electron chi connectivity index (χ0n) is 14.6. The summed E-state index contributed by atoms with van der Waals surface area (Å²) in [5.41, 5.74) is 1.62. The van der Waals surface area contributed by atoms with Crippen LogP contribution in [-0.2, 0) is 0 Å². The monoisotopic (exact) mass is 427 g/mol. The number of rotatable bonds is 4. The van der Waals surface area contributed by atoms with E-state index in [1.807, 2.05) is 0 Å². The Labute approximate surface area is 174 Å². The van der Waals surface area contributed by atoms with Gasteiger partial charge in [-0.3, -0.25) is 14.9 Å². The molecular formula is C20H11Cl2N3O4. The van der Waals surface area contributed by atoms with Gasteiger partial charge in [0, 0.05) is 16.7 Å². The van der Waals surface area contributed by atoms with Gasteiger partial charge in [0.1, 0.15) is 11.1 Å². The average molecular weight is 428 g/mol. The number of fused-ring (bicyclic) bond motifs is 1. The van der Waals surface area contributed by atoms with Crippen molar-refractivity contribution in [3.05, 3.63) is 86.4 Å². The van der Waals surface area contributed by atoms with Gasteiger partial charge in [0.05, 0.1) is 15.6 Å². The second-order valence-electron chi connectivity index (χ2n) is 6.05. The highest BCUT2D eigenvalue weighted by atomic mass is 35.5. The van der Waals surface area contributed by atoms with E-state index >= 15 is 0 Å². The van der Waals surface area contributed by atoms with Crippen LogP contribution in [0.4, 0.5) is 11.4 Å². The molecule has 0 aliphatic carbocycles. The van der Waals surface area contributed by atoms with Gasteiger partial charge in [0.2, 0.25) is 5.89 Å². The summed E-state index contributed by atoms with van der Waals surface area (Å²) in [7, 11) is 0. The van der Waals surface area contributed by atoms with Crippen molar-refractivity contribution in [1.82, 2.24) is 4.98 Å². The van der Waals surface area contributed by atoms with Crippen LogP contribution >= 0.6 is 23.2 Å². The summed E-state index contributed by atoms with van der Waals surface area (Å²) in [4.78, 5) is 27.5. The van der Waals surface area contributed by atoms with Gasteiger partial charge < -0.3 is 9.73 Å². The topological polar surface area (TPSA) is 98.3 Å². The zero-order chi connectivity index (χ0) is 20.5. The van der Waals surface area contributed by atoms with Crippen molar-refractivity contribution >= 4 is 51.6 Å². The summed E-state index contributed by atoms with van der Waals surface area (Å²) >= 11 is 12.2. The van der Waals surface area contributed by atoms with E-state index in [2.05, 4.69) is 10.3 Å². The fraction of sp³-hybridized carbons (Fsp3) is 0. The van der Waals surface area contributed by atoms with E-state index < -0.39 is 10.8 Å². The van der Waals surface area contributed by atoms with Gasteiger partial charge in [-0.25, -0.2) is 4.98 Å². The van der Waals surface area contributed by atoms with Crippen molar-refractivity contribution in [2.75, 3.05) is 5.32 Å². The fourth-order valence-electron chi connectivity index (χ4n) is 2.79. The number of aromatic nitrogens is 1. The van der Waals surface area contributed by atoms with E-state index in [4.69, 9.17) is 27.6 Å². The van der Waals surface area contributed by atoms with E-state index in [9.17, 15) is 14.9 Å². The minimum absolute atomic E-state index is 0.0736. The number of nitro groups is 1. The molecule has 1 N–H and O–H groups in total. The van der Waals surface area contributed by atoms with Crippen LogP contribution in [0.1, 0.15) is 10.4 Å². The number of anilines is 1. The van der Waals surface area contributed by atoms with E-state index in [0.717, 1.165) is 0 Å². The minimum atomic E-state index is -0.652. The Kier molecular flexibility index (Phi) is 4.92. The number of hydrogen-bond donors (Lipinski definition) is 1. The number of benzene rings is 3. The molecule has 29 heavy (non-hydrogen) atoms. The maximum absolute atomic E-state index is 12.6. The summed E-state index contributed by atoms with van der Waals surface area (Å²) in [6, 6.07) is 15.6. The molecule has 1 heterocycles. The Morgan fingerprint density at radius 1 is 1.07 bits per heavy atom. The van der Waals surface area contributed by atoms with Crippen LogP contribution < -0.4 is 5.32 Å². The number of oxazole rings is 1. The Balaban J connectivity index is 1.68. The van der Waals surface area contributed by atoms with Gasteiger partial charge >= 0.3 is 0 Å². The third kappa shape index (κ3) is 3.78. The lowest BCUT2D eigenvalue weighted by molar-refractivity contribution is -0.385. The van der Waals surface area contributed by atoms with Gasteiger partial charge in [-0.05, 0) is 42.5 Å². The molecule has 0 radical (unpaired) electrons. The van der Waals surface area contributed by atoms with Crippen molar-refractivity contribution in [2.24, 2.45) is 0 Å². The molecule has 0 fully saturated rings. The summed E-state index contributed by atoms with van der Waals surface area (Å²) in [5, 5.41) is 14.6. The summed E-state index contributed by atoms with van der Waals surface area (Å²) < 4.78 is 5.73. The largest absolute Gasteiger partial charge is 0.436 e. The standard InChI is InChI=1S/C20H11Cl2N3O4/c21-12-6-8-18-16(10-12)24-20(29-18)11-5-7-14(22)15(9-11)23-19(26)13-3-1-2-4-17(13)25(27)28/h1-10H,(H,23,26). The van der Waals surface area contributed by atoms with Crippen molar-refractivity contribution in [1.29, 1.82) is 0 Å². The molecule has 7 nitrogen and oxygen atoms in total. The van der Waals surface area contributed by atoms with Crippen LogP contribution in [0.3, 0.4) is 0 Å². The fourth-order valence-corrected chi connectivity index (χ4v) is 3.12. The van der Waals surface area contributed by atoms with Gasteiger partial charge in [0.15, 0.2) is 5.58 Å². The second kappa shape index (κ2) is 7.54. The molecule has 0 aliphatic heterocycles. The second-order valence-corrected chi connectivity index (χ2v) is 6.90. The molecule has 144 valence electrons. The van der Waals surface area contributed by atoms with E-state index in [1.54, 1.807) is 42.5 Å². The SMILES string of the molecule is O=C(Nc1cc(-c2nc3cc(Cl)ccc3o2)ccc1Cl)c1ccccc1[N+](=O)[O-]. The lowest BCUT2D eigenvalue weighted by Gasteiger charge is -2.09. The molecule has 1 amide bonds. The Bertz CT molecular complexity index is 1270. The van der Waals surface area contributed by atoms with Gasteiger partial charge in [-0.1, -0.05) is 35.3 Å². The normalized spacial score (nSPS) is 10.8. The summed E-state index contributed by atoms with van der Waals surface area (Å²) in [6.07, 6.45) is 0. The Morgan fingerprint density at radius 3 is 2.66 bits per heavy atom. The quantitative estimate of drug-likeness (QED) is 0.319. The molecular weight excluding hydrogens is 417 g/mol. The predicted molar refractivity (Wildman–Crippen MR) is 111 cm³/mol. The number of nitrogens with one attached hydrogen (secondary N) is 1. The van der Waals surface area contributed by atoms with E-state index in [0.29, 0.717) is 27.6 Å². The van der Waals surface area contributed by atoms with Crippen LogP contribution in [-0.4, -0.2) is 15.8 Å². The first-order valence-corrected chi connectivity index (χ1v) is 9.09. The number of hydrogen-bond acceptors (Lipinski definition) is 5. The average Bonchev–Trinajstić information content (AvgIpc) is 3.12. The molecule has 0 unspecified atom stereocenters. The molecule has 0 spiro atoms. The minimum Gasteiger partial charge on any atom is -0.436 e. The first-order valence-electron chi connectivity index (χ1n) is 8.33. The molecule has 0 bridgehead atoms. The molecule has 0 saturated carbocycles. The Hall–Kier alpha value is -3.42. The first kappa shape index (κ1) is 18.9. The molecule has 9 heteroatoms. The number of nitro benzene ring substituents is 1. The highest BCUT2D eigenvalue weighted by molar-refractivity contribution is 6.34. The number of nitrogens with zero attached hydrogens (tertiary/aromatic N) is 2.